The van der Waals surface area contributed by atoms with Crippen LogP contribution in [0.2, 0.25) is 0 Å². The van der Waals surface area contributed by atoms with Crippen LogP contribution in [0.5, 0.6) is 0 Å². The molecule has 2 aromatic heterocycles. The average molecular weight is 354 g/mol. The maximum atomic E-state index is 4.71. The second-order valence-corrected chi connectivity index (χ2v) is 6.12. The molecule has 0 aromatic carbocycles. The molecule has 116 valence electrons. The van der Waals surface area contributed by atoms with E-state index in [9.17, 15) is 0 Å². The Hall–Kier alpha value is -1.14. The maximum absolute atomic E-state index is 4.71. The summed E-state index contributed by atoms with van der Waals surface area (Å²) in [6, 6.07) is 0. The number of aromatic nitrogens is 4. The van der Waals surface area contributed by atoms with E-state index in [2.05, 4.69) is 51.8 Å². The predicted octanol–water partition coefficient (Wildman–Crippen LogP) is 2.60. The van der Waals surface area contributed by atoms with E-state index in [-0.39, 0.29) is 0 Å². The molecule has 0 aliphatic rings. The van der Waals surface area contributed by atoms with Crippen LogP contribution in [0.3, 0.4) is 0 Å². The van der Waals surface area contributed by atoms with Crippen molar-refractivity contribution >= 4 is 15.9 Å². The van der Waals surface area contributed by atoms with Gasteiger partial charge in [0.05, 0.1) is 28.1 Å². The molecular formula is C15H24BrN5. The zero-order valence-electron chi connectivity index (χ0n) is 13.5. The van der Waals surface area contributed by atoms with Crippen molar-refractivity contribution < 1.29 is 0 Å². The number of nitrogens with one attached hydrogen (secondary N) is 1. The Labute approximate surface area is 134 Å². The van der Waals surface area contributed by atoms with Crippen LogP contribution in [0.1, 0.15) is 35.3 Å². The van der Waals surface area contributed by atoms with Crippen LogP contribution < -0.4 is 5.32 Å². The number of aryl methyl sites for hydroxylation is 3. The van der Waals surface area contributed by atoms with Gasteiger partial charge < -0.3 is 5.32 Å². The van der Waals surface area contributed by atoms with Crippen molar-refractivity contribution in [2.75, 3.05) is 13.6 Å². The Morgan fingerprint density at radius 2 is 1.76 bits per heavy atom. The van der Waals surface area contributed by atoms with Crippen molar-refractivity contribution in [3.05, 3.63) is 32.8 Å². The van der Waals surface area contributed by atoms with Crippen LogP contribution in [0.15, 0.2) is 4.47 Å². The molecule has 0 fully saturated rings. The Kier molecular flexibility index (Phi) is 5.22. The fourth-order valence-electron chi connectivity index (χ4n) is 2.66. The average Bonchev–Trinajstić information content (AvgIpc) is 2.88. The summed E-state index contributed by atoms with van der Waals surface area (Å²) in [6.07, 6.45) is 1.02. The smallest absolute Gasteiger partial charge is 0.0843 e. The molecule has 0 bridgehead atoms. The monoisotopic (exact) mass is 353 g/mol. The predicted molar refractivity (Wildman–Crippen MR) is 88.8 cm³/mol. The van der Waals surface area contributed by atoms with Gasteiger partial charge in [-0.3, -0.25) is 9.36 Å². The molecular weight excluding hydrogens is 330 g/mol. The van der Waals surface area contributed by atoms with Gasteiger partial charge in [0.15, 0.2) is 0 Å². The van der Waals surface area contributed by atoms with Gasteiger partial charge >= 0.3 is 0 Å². The van der Waals surface area contributed by atoms with Crippen molar-refractivity contribution in [2.45, 2.75) is 47.2 Å². The van der Waals surface area contributed by atoms with E-state index in [0.717, 1.165) is 41.9 Å². The normalized spacial score (nSPS) is 11.3. The number of nitrogens with zero attached hydrogens (tertiary/aromatic N) is 4. The Balaban J connectivity index is 2.32. The standard InChI is InChI=1S/C15H24BrN5/c1-6-20-14(15(16)11(3)19-20)9-21-12(4)13(7-8-17-5)10(2)18-21/h17H,6-9H2,1-5H3. The molecule has 0 saturated heterocycles. The van der Waals surface area contributed by atoms with Crippen molar-refractivity contribution in [3.63, 3.8) is 0 Å². The molecule has 0 aliphatic carbocycles. The summed E-state index contributed by atoms with van der Waals surface area (Å²) in [5.74, 6) is 0. The third-order valence-corrected chi connectivity index (χ3v) is 4.94. The van der Waals surface area contributed by atoms with Crippen LogP contribution >= 0.6 is 15.9 Å². The van der Waals surface area contributed by atoms with E-state index in [1.54, 1.807) is 0 Å². The summed E-state index contributed by atoms with van der Waals surface area (Å²) in [4.78, 5) is 0. The second kappa shape index (κ2) is 6.75. The molecule has 0 saturated carbocycles. The number of likely N-dealkylation sites (N-methyl/N-ethyl adjacent to an activating group) is 1. The van der Waals surface area contributed by atoms with Gasteiger partial charge in [-0.15, -0.1) is 0 Å². The highest BCUT2D eigenvalue weighted by molar-refractivity contribution is 9.10. The minimum Gasteiger partial charge on any atom is -0.319 e. The molecule has 0 atom stereocenters. The molecule has 5 nitrogen and oxygen atoms in total. The topological polar surface area (TPSA) is 47.7 Å². The van der Waals surface area contributed by atoms with E-state index in [0.29, 0.717) is 0 Å². The Morgan fingerprint density at radius 3 is 2.38 bits per heavy atom. The lowest BCUT2D eigenvalue weighted by atomic mass is 10.1. The first-order chi connectivity index (χ1) is 9.99. The highest BCUT2D eigenvalue weighted by Gasteiger charge is 2.16. The van der Waals surface area contributed by atoms with E-state index in [1.165, 1.54) is 17.0 Å². The number of rotatable bonds is 6. The lowest BCUT2D eigenvalue weighted by molar-refractivity contribution is 0.565. The third kappa shape index (κ3) is 3.21. The summed E-state index contributed by atoms with van der Waals surface area (Å²) in [6.45, 7) is 11.0. The summed E-state index contributed by atoms with van der Waals surface area (Å²) >= 11 is 3.66. The van der Waals surface area contributed by atoms with Gasteiger partial charge in [-0.2, -0.15) is 10.2 Å². The quantitative estimate of drug-likeness (QED) is 0.868. The van der Waals surface area contributed by atoms with Crippen molar-refractivity contribution in [3.8, 4) is 0 Å². The van der Waals surface area contributed by atoms with Gasteiger partial charge in [-0.25, -0.2) is 0 Å². The highest BCUT2D eigenvalue weighted by atomic mass is 79.9. The van der Waals surface area contributed by atoms with E-state index >= 15 is 0 Å². The zero-order valence-corrected chi connectivity index (χ0v) is 15.1. The first-order valence-corrected chi connectivity index (χ1v) is 8.18. The lowest BCUT2D eigenvalue weighted by Crippen LogP contribution is -2.12. The molecule has 0 unspecified atom stereocenters. The summed E-state index contributed by atoms with van der Waals surface area (Å²) in [7, 11) is 1.98. The van der Waals surface area contributed by atoms with Crippen LogP contribution in [0.4, 0.5) is 0 Å². The zero-order chi connectivity index (χ0) is 15.6. The van der Waals surface area contributed by atoms with Gasteiger partial charge in [-0.05, 0) is 69.2 Å². The summed E-state index contributed by atoms with van der Waals surface area (Å²) < 4.78 is 5.23. The van der Waals surface area contributed by atoms with Crippen LogP contribution in [-0.4, -0.2) is 33.2 Å². The van der Waals surface area contributed by atoms with Crippen LogP contribution in [-0.2, 0) is 19.5 Å². The first kappa shape index (κ1) is 16.2. The maximum Gasteiger partial charge on any atom is 0.0843 e. The number of halogens is 1. The third-order valence-electron chi connectivity index (χ3n) is 3.91. The van der Waals surface area contributed by atoms with E-state index in [4.69, 9.17) is 5.10 Å². The van der Waals surface area contributed by atoms with E-state index in [1.807, 2.05) is 18.7 Å². The Morgan fingerprint density at radius 1 is 1.10 bits per heavy atom. The molecule has 2 rings (SSSR count). The van der Waals surface area contributed by atoms with Crippen molar-refractivity contribution in [2.24, 2.45) is 0 Å². The molecule has 0 spiro atoms. The molecule has 0 radical (unpaired) electrons. The second-order valence-electron chi connectivity index (χ2n) is 5.32. The van der Waals surface area contributed by atoms with Crippen molar-refractivity contribution in [1.29, 1.82) is 0 Å². The largest absolute Gasteiger partial charge is 0.319 e. The molecule has 6 heteroatoms. The van der Waals surface area contributed by atoms with Gasteiger partial charge in [0.25, 0.3) is 0 Å². The van der Waals surface area contributed by atoms with Crippen LogP contribution in [0, 0.1) is 20.8 Å². The molecule has 0 aliphatic heterocycles. The summed E-state index contributed by atoms with van der Waals surface area (Å²) in [5, 5.41) is 12.5. The number of hydrogen-bond acceptors (Lipinski definition) is 3. The first-order valence-electron chi connectivity index (χ1n) is 7.38. The highest BCUT2D eigenvalue weighted by Crippen LogP contribution is 2.23. The molecule has 21 heavy (non-hydrogen) atoms. The lowest BCUT2D eigenvalue weighted by Gasteiger charge is -2.08. The number of hydrogen-bond donors (Lipinski definition) is 1. The van der Waals surface area contributed by atoms with E-state index < -0.39 is 0 Å². The van der Waals surface area contributed by atoms with Crippen LogP contribution in [0.25, 0.3) is 0 Å². The fourth-order valence-corrected chi connectivity index (χ4v) is 3.07. The van der Waals surface area contributed by atoms with Crippen molar-refractivity contribution in [1.82, 2.24) is 24.9 Å². The minimum atomic E-state index is 0.751. The molecule has 1 N–H and O–H groups in total. The molecule has 0 amide bonds. The van der Waals surface area contributed by atoms with Gasteiger partial charge in [0.1, 0.15) is 0 Å². The van der Waals surface area contributed by atoms with Gasteiger partial charge in [0, 0.05) is 12.2 Å². The van der Waals surface area contributed by atoms with Gasteiger partial charge in [-0.1, -0.05) is 0 Å². The SMILES string of the molecule is CCn1nc(C)c(Br)c1Cn1nc(C)c(CCNC)c1C. The molecule has 2 aromatic rings. The fraction of sp³-hybridized carbons (Fsp3) is 0.600. The van der Waals surface area contributed by atoms with Gasteiger partial charge in [0.2, 0.25) is 0 Å². The summed E-state index contributed by atoms with van der Waals surface area (Å²) in [5.41, 5.74) is 5.93. The Bertz CT molecular complexity index is 627. The molecule has 2 heterocycles. The minimum absolute atomic E-state index is 0.751.